The average Bonchev–Trinajstić information content (AvgIpc) is 3.11. The van der Waals surface area contributed by atoms with Crippen molar-refractivity contribution in [3.63, 3.8) is 0 Å². The third-order valence-corrected chi connectivity index (χ3v) is 4.65. The molecule has 2 aromatic heterocycles. The van der Waals surface area contributed by atoms with Crippen LogP contribution in [0.2, 0.25) is 0 Å². The first kappa shape index (κ1) is 16.8. The predicted octanol–water partition coefficient (Wildman–Crippen LogP) is 3.35. The standard InChI is InChI=1S/C19H20FN5O/c1-13-21-9-8-17(22-13)15-3-2-10-25(11-15)12-18-23-19(24-26-18)14-4-6-16(20)7-5-14/h4-9,15H,2-3,10-12H2,1H3. The van der Waals surface area contributed by atoms with Gasteiger partial charge in [0, 0.05) is 29.9 Å². The van der Waals surface area contributed by atoms with E-state index >= 15 is 0 Å². The molecule has 1 aliphatic heterocycles. The molecule has 0 radical (unpaired) electrons. The van der Waals surface area contributed by atoms with Gasteiger partial charge in [-0.3, -0.25) is 4.90 Å². The number of piperidine rings is 1. The first-order valence-corrected chi connectivity index (χ1v) is 8.78. The zero-order valence-corrected chi connectivity index (χ0v) is 14.6. The fourth-order valence-electron chi connectivity index (χ4n) is 3.37. The highest BCUT2D eigenvalue weighted by Crippen LogP contribution is 2.26. The van der Waals surface area contributed by atoms with Gasteiger partial charge < -0.3 is 4.52 Å². The number of likely N-dealkylation sites (tertiary alicyclic amines) is 1. The molecule has 7 heteroatoms. The Kier molecular flexibility index (Phi) is 4.71. The Morgan fingerprint density at radius 3 is 2.85 bits per heavy atom. The maximum absolute atomic E-state index is 13.0. The van der Waals surface area contributed by atoms with E-state index in [1.165, 1.54) is 12.1 Å². The normalized spacial score (nSPS) is 18.2. The van der Waals surface area contributed by atoms with Crippen molar-refractivity contribution in [1.82, 2.24) is 25.0 Å². The van der Waals surface area contributed by atoms with Gasteiger partial charge in [0.05, 0.1) is 6.54 Å². The van der Waals surface area contributed by atoms with Gasteiger partial charge in [-0.05, 0) is 56.6 Å². The Balaban J connectivity index is 1.43. The Labute approximate surface area is 151 Å². The van der Waals surface area contributed by atoms with Crippen molar-refractivity contribution in [2.75, 3.05) is 13.1 Å². The summed E-state index contributed by atoms with van der Waals surface area (Å²) in [5, 5.41) is 4.01. The Bertz CT molecular complexity index is 880. The third-order valence-electron chi connectivity index (χ3n) is 4.65. The molecule has 4 rings (SSSR count). The highest BCUT2D eigenvalue weighted by Gasteiger charge is 2.24. The molecule has 1 aliphatic rings. The molecule has 1 atom stereocenters. The van der Waals surface area contributed by atoms with Crippen LogP contribution >= 0.6 is 0 Å². The van der Waals surface area contributed by atoms with Crippen LogP contribution in [0.3, 0.4) is 0 Å². The molecule has 134 valence electrons. The minimum absolute atomic E-state index is 0.281. The molecule has 26 heavy (non-hydrogen) atoms. The van der Waals surface area contributed by atoms with Crippen LogP contribution in [0.4, 0.5) is 4.39 Å². The third kappa shape index (κ3) is 3.77. The van der Waals surface area contributed by atoms with Crippen LogP contribution in [0.5, 0.6) is 0 Å². The molecule has 0 saturated carbocycles. The lowest BCUT2D eigenvalue weighted by molar-refractivity contribution is 0.175. The number of aryl methyl sites for hydroxylation is 1. The van der Waals surface area contributed by atoms with E-state index in [0.29, 0.717) is 24.2 Å². The lowest BCUT2D eigenvalue weighted by Crippen LogP contribution is -2.34. The van der Waals surface area contributed by atoms with Crippen molar-refractivity contribution < 1.29 is 8.91 Å². The average molecular weight is 353 g/mol. The molecule has 0 N–H and O–H groups in total. The molecule has 6 nitrogen and oxygen atoms in total. The van der Waals surface area contributed by atoms with Gasteiger partial charge in [-0.25, -0.2) is 14.4 Å². The second kappa shape index (κ2) is 7.29. The largest absolute Gasteiger partial charge is 0.338 e. The maximum atomic E-state index is 13.0. The fourth-order valence-corrected chi connectivity index (χ4v) is 3.37. The molecule has 0 bridgehead atoms. The monoisotopic (exact) mass is 353 g/mol. The van der Waals surface area contributed by atoms with E-state index < -0.39 is 0 Å². The van der Waals surface area contributed by atoms with Crippen molar-refractivity contribution in [2.24, 2.45) is 0 Å². The van der Waals surface area contributed by atoms with E-state index in [4.69, 9.17) is 4.52 Å². The quantitative estimate of drug-likeness (QED) is 0.716. The van der Waals surface area contributed by atoms with Crippen molar-refractivity contribution in [2.45, 2.75) is 32.2 Å². The number of hydrogen-bond acceptors (Lipinski definition) is 6. The van der Waals surface area contributed by atoms with Crippen molar-refractivity contribution >= 4 is 0 Å². The van der Waals surface area contributed by atoms with Crippen LogP contribution in [0.25, 0.3) is 11.4 Å². The van der Waals surface area contributed by atoms with Gasteiger partial charge in [0.1, 0.15) is 11.6 Å². The summed E-state index contributed by atoms with van der Waals surface area (Å²) in [7, 11) is 0. The summed E-state index contributed by atoms with van der Waals surface area (Å²) < 4.78 is 18.4. The second-order valence-electron chi connectivity index (χ2n) is 6.62. The van der Waals surface area contributed by atoms with E-state index in [-0.39, 0.29) is 5.82 Å². The van der Waals surface area contributed by atoms with E-state index in [0.717, 1.165) is 43.0 Å². The van der Waals surface area contributed by atoms with Crippen LogP contribution < -0.4 is 0 Å². The van der Waals surface area contributed by atoms with Crippen LogP contribution in [-0.2, 0) is 6.54 Å². The highest BCUT2D eigenvalue weighted by molar-refractivity contribution is 5.53. The van der Waals surface area contributed by atoms with Crippen LogP contribution in [-0.4, -0.2) is 38.1 Å². The lowest BCUT2D eigenvalue weighted by atomic mass is 9.94. The van der Waals surface area contributed by atoms with Gasteiger partial charge in [-0.2, -0.15) is 4.98 Å². The van der Waals surface area contributed by atoms with E-state index in [2.05, 4.69) is 25.0 Å². The van der Waals surface area contributed by atoms with Gasteiger partial charge in [0.15, 0.2) is 0 Å². The molecule has 3 aromatic rings. The van der Waals surface area contributed by atoms with Gasteiger partial charge in [-0.15, -0.1) is 0 Å². The molecule has 1 unspecified atom stereocenters. The molecular weight excluding hydrogens is 333 g/mol. The zero-order valence-electron chi connectivity index (χ0n) is 14.6. The molecule has 3 heterocycles. The summed E-state index contributed by atoms with van der Waals surface area (Å²) in [6.45, 7) is 4.42. The summed E-state index contributed by atoms with van der Waals surface area (Å²) in [6, 6.07) is 8.09. The van der Waals surface area contributed by atoms with Crippen molar-refractivity contribution in [3.05, 3.63) is 59.8 Å². The topological polar surface area (TPSA) is 67.9 Å². The van der Waals surface area contributed by atoms with E-state index in [1.54, 1.807) is 12.1 Å². The summed E-state index contributed by atoms with van der Waals surface area (Å²) in [4.78, 5) is 15.5. The first-order chi connectivity index (χ1) is 12.7. The van der Waals surface area contributed by atoms with Crippen LogP contribution in [0, 0.1) is 12.7 Å². The van der Waals surface area contributed by atoms with Gasteiger partial charge >= 0.3 is 0 Å². The summed E-state index contributed by atoms with van der Waals surface area (Å²) in [5.41, 5.74) is 1.84. The van der Waals surface area contributed by atoms with E-state index in [1.807, 2.05) is 19.2 Å². The maximum Gasteiger partial charge on any atom is 0.241 e. The number of nitrogens with zero attached hydrogens (tertiary/aromatic N) is 5. The van der Waals surface area contributed by atoms with Crippen molar-refractivity contribution in [1.29, 1.82) is 0 Å². The SMILES string of the molecule is Cc1nccc(C2CCCN(Cc3nc(-c4ccc(F)cc4)no3)C2)n1. The lowest BCUT2D eigenvalue weighted by Gasteiger charge is -2.31. The molecule has 0 spiro atoms. The highest BCUT2D eigenvalue weighted by atomic mass is 19.1. The molecular formula is C19H20FN5O. The van der Waals surface area contributed by atoms with Crippen LogP contribution in [0.1, 0.15) is 36.2 Å². The zero-order chi connectivity index (χ0) is 17.9. The summed E-state index contributed by atoms with van der Waals surface area (Å²) in [5.74, 6) is 1.98. The summed E-state index contributed by atoms with van der Waals surface area (Å²) >= 11 is 0. The molecule has 0 amide bonds. The minimum Gasteiger partial charge on any atom is -0.338 e. The molecule has 1 aromatic carbocycles. The van der Waals surface area contributed by atoms with Crippen LogP contribution in [0.15, 0.2) is 41.1 Å². The minimum atomic E-state index is -0.281. The Morgan fingerprint density at radius 1 is 1.19 bits per heavy atom. The number of aromatic nitrogens is 4. The number of hydrogen-bond donors (Lipinski definition) is 0. The smallest absolute Gasteiger partial charge is 0.241 e. The second-order valence-corrected chi connectivity index (χ2v) is 6.62. The molecule has 1 fully saturated rings. The first-order valence-electron chi connectivity index (χ1n) is 8.78. The number of benzene rings is 1. The van der Waals surface area contributed by atoms with Gasteiger partial charge in [0.2, 0.25) is 11.7 Å². The number of halogens is 1. The number of rotatable bonds is 4. The Morgan fingerprint density at radius 2 is 2.04 bits per heavy atom. The molecule has 1 saturated heterocycles. The molecule has 0 aliphatic carbocycles. The van der Waals surface area contributed by atoms with Crippen molar-refractivity contribution in [3.8, 4) is 11.4 Å². The van der Waals surface area contributed by atoms with E-state index in [9.17, 15) is 4.39 Å². The summed E-state index contributed by atoms with van der Waals surface area (Å²) in [6.07, 6.45) is 4.05. The Hall–Kier alpha value is -2.67. The predicted molar refractivity (Wildman–Crippen MR) is 93.7 cm³/mol. The van der Waals surface area contributed by atoms with Gasteiger partial charge in [0.25, 0.3) is 0 Å². The van der Waals surface area contributed by atoms with Gasteiger partial charge in [-0.1, -0.05) is 5.16 Å². The fraction of sp³-hybridized carbons (Fsp3) is 0.368.